The van der Waals surface area contributed by atoms with Crippen molar-refractivity contribution in [2.75, 3.05) is 72.7 Å². The second kappa shape index (κ2) is 9.51. The Labute approximate surface area is 164 Å². The third kappa shape index (κ3) is 5.22. The molecule has 3 aliphatic rings. The van der Waals surface area contributed by atoms with Gasteiger partial charge in [0.2, 0.25) is 0 Å². The van der Waals surface area contributed by atoms with Crippen molar-refractivity contribution in [2.24, 2.45) is 16.2 Å². The van der Waals surface area contributed by atoms with E-state index >= 15 is 0 Å². The first-order chi connectivity index (χ1) is 13.1. The summed E-state index contributed by atoms with van der Waals surface area (Å²) >= 11 is 0. The molecule has 3 fully saturated rings. The maximum absolute atomic E-state index is 6.25. The van der Waals surface area contributed by atoms with E-state index in [-0.39, 0.29) is 22.3 Å². The Morgan fingerprint density at radius 2 is 1.00 bits per heavy atom. The highest BCUT2D eigenvalue weighted by Gasteiger charge is 2.40. The van der Waals surface area contributed by atoms with Crippen LogP contribution in [0, 0.1) is 16.2 Å². The number of rotatable bonds is 14. The van der Waals surface area contributed by atoms with E-state index in [1.807, 2.05) is 0 Å². The molecule has 27 heavy (non-hydrogen) atoms. The summed E-state index contributed by atoms with van der Waals surface area (Å²) < 4.78 is 34.5. The second-order valence-corrected chi connectivity index (χ2v) is 9.00. The molecule has 0 aliphatic carbocycles. The number of hydrogen-bond acceptors (Lipinski definition) is 6. The molecule has 3 aliphatic heterocycles. The van der Waals surface area contributed by atoms with Crippen LogP contribution in [0.25, 0.3) is 0 Å². The highest BCUT2D eigenvalue weighted by molar-refractivity contribution is 4.86. The van der Waals surface area contributed by atoms with E-state index in [1.54, 1.807) is 0 Å². The Morgan fingerprint density at radius 1 is 0.630 bits per heavy atom. The van der Waals surface area contributed by atoms with Gasteiger partial charge in [-0.25, -0.2) is 0 Å². The van der Waals surface area contributed by atoms with Crippen LogP contribution in [0.3, 0.4) is 0 Å². The van der Waals surface area contributed by atoms with E-state index in [9.17, 15) is 0 Å². The van der Waals surface area contributed by atoms with E-state index < -0.39 is 0 Å². The van der Waals surface area contributed by atoms with E-state index in [0.29, 0.717) is 19.8 Å². The standard InChI is InChI=1S/C21H38O6/c1-4-19(11-24-12-19)9-22-7-18(27-17-21(6-3)15-26-16-21)8-23-10-20(5-2)13-25-14-20/h18H,4-17H2,1-3H3. The van der Waals surface area contributed by atoms with Crippen LogP contribution in [-0.2, 0) is 28.4 Å². The van der Waals surface area contributed by atoms with Gasteiger partial charge in [0.15, 0.2) is 0 Å². The Kier molecular flexibility index (Phi) is 7.56. The lowest BCUT2D eigenvalue weighted by Crippen LogP contribution is -2.49. The molecule has 3 saturated heterocycles. The average molecular weight is 387 g/mol. The van der Waals surface area contributed by atoms with Crippen LogP contribution in [0.1, 0.15) is 40.0 Å². The quantitative estimate of drug-likeness (QED) is 0.458. The monoisotopic (exact) mass is 386 g/mol. The molecule has 0 spiro atoms. The highest BCUT2D eigenvalue weighted by atomic mass is 16.6. The van der Waals surface area contributed by atoms with Crippen molar-refractivity contribution >= 4 is 0 Å². The van der Waals surface area contributed by atoms with Crippen LogP contribution in [0.2, 0.25) is 0 Å². The summed E-state index contributed by atoms with van der Waals surface area (Å²) in [4.78, 5) is 0. The first kappa shape index (κ1) is 21.5. The van der Waals surface area contributed by atoms with Gasteiger partial charge in [-0.3, -0.25) is 0 Å². The lowest BCUT2D eigenvalue weighted by atomic mass is 9.84. The van der Waals surface area contributed by atoms with Gasteiger partial charge in [-0.1, -0.05) is 20.8 Å². The van der Waals surface area contributed by atoms with Crippen LogP contribution < -0.4 is 0 Å². The van der Waals surface area contributed by atoms with Crippen molar-refractivity contribution in [3.05, 3.63) is 0 Å². The summed E-state index contributed by atoms with van der Waals surface area (Å²) in [5.41, 5.74) is 0.581. The average Bonchev–Trinajstić information content (AvgIpc) is 2.58. The van der Waals surface area contributed by atoms with Crippen molar-refractivity contribution < 1.29 is 28.4 Å². The first-order valence-corrected chi connectivity index (χ1v) is 10.6. The van der Waals surface area contributed by atoms with Crippen LogP contribution >= 0.6 is 0 Å². The maximum atomic E-state index is 6.25. The molecule has 0 radical (unpaired) electrons. The fourth-order valence-electron chi connectivity index (χ4n) is 3.59. The topological polar surface area (TPSA) is 55.4 Å². The van der Waals surface area contributed by atoms with E-state index in [0.717, 1.165) is 72.1 Å². The first-order valence-electron chi connectivity index (χ1n) is 10.6. The molecule has 0 bridgehead atoms. The van der Waals surface area contributed by atoms with Gasteiger partial charge in [-0.05, 0) is 19.3 Å². The smallest absolute Gasteiger partial charge is 0.104 e. The zero-order valence-electron chi connectivity index (χ0n) is 17.4. The van der Waals surface area contributed by atoms with Crippen LogP contribution in [-0.4, -0.2) is 78.8 Å². The van der Waals surface area contributed by atoms with Gasteiger partial charge in [0.05, 0.1) is 72.7 Å². The third-order valence-corrected chi connectivity index (χ3v) is 6.75. The highest BCUT2D eigenvalue weighted by Crippen LogP contribution is 2.34. The molecule has 3 rings (SSSR count). The van der Waals surface area contributed by atoms with Gasteiger partial charge in [0.25, 0.3) is 0 Å². The molecule has 6 heteroatoms. The van der Waals surface area contributed by atoms with E-state index in [4.69, 9.17) is 28.4 Å². The van der Waals surface area contributed by atoms with Gasteiger partial charge in [-0.15, -0.1) is 0 Å². The summed E-state index contributed by atoms with van der Waals surface area (Å²) in [6, 6.07) is 0. The molecule has 0 aromatic heterocycles. The molecule has 0 N–H and O–H groups in total. The van der Waals surface area contributed by atoms with Crippen molar-refractivity contribution in [3.63, 3.8) is 0 Å². The van der Waals surface area contributed by atoms with E-state index in [2.05, 4.69) is 20.8 Å². The Bertz CT molecular complexity index is 397. The minimum absolute atomic E-state index is 0.0428. The van der Waals surface area contributed by atoms with Crippen molar-refractivity contribution in [1.82, 2.24) is 0 Å². The lowest BCUT2D eigenvalue weighted by molar-refractivity contribution is -0.192. The van der Waals surface area contributed by atoms with Crippen molar-refractivity contribution in [2.45, 2.75) is 46.1 Å². The molecule has 0 unspecified atom stereocenters. The Morgan fingerprint density at radius 3 is 1.30 bits per heavy atom. The van der Waals surface area contributed by atoms with Crippen LogP contribution in [0.4, 0.5) is 0 Å². The van der Waals surface area contributed by atoms with E-state index in [1.165, 1.54) is 0 Å². The fourth-order valence-corrected chi connectivity index (χ4v) is 3.59. The summed E-state index contributed by atoms with van der Waals surface area (Å²) in [5.74, 6) is 0. The molecule has 0 aromatic rings. The molecule has 6 nitrogen and oxygen atoms in total. The maximum Gasteiger partial charge on any atom is 0.104 e. The van der Waals surface area contributed by atoms with Crippen molar-refractivity contribution in [1.29, 1.82) is 0 Å². The van der Waals surface area contributed by atoms with Gasteiger partial charge >= 0.3 is 0 Å². The predicted octanol–water partition coefficient (Wildman–Crippen LogP) is 2.68. The Hall–Kier alpha value is -0.240. The van der Waals surface area contributed by atoms with Crippen LogP contribution in [0.15, 0.2) is 0 Å². The SMILES string of the molecule is CCC1(COCC(COCC2(CC)COC2)OCC2(CC)COC2)COC1. The Balaban J connectivity index is 1.43. The van der Waals surface area contributed by atoms with Crippen molar-refractivity contribution in [3.8, 4) is 0 Å². The summed E-state index contributed by atoms with van der Waals surface area (Å²) in [7, 11) is 0. The van der Waals surface area contributed by atoms with Gasteiger partial charge in [-0.2, -0.15) is 0 Å². The molecule has 158 valence electrons. The second-order valence-electron chi connectivity index (χ2n) is 9.00. The zero-order chi connectivity index (χ0) is 19.2. The molecular weight excluding hydrogens is 348 g/mol. The summed E-state index contributed by atoms with van der Waals surface area (Å²) in [5, 5.41) is 0. The van der Waals surface area contributed by atoms with Gasteiger partial charge in [0.1, 0.15) is 6.10 Å². The predicted molar refractivity (Wildman–Crippen MR) is 102 cm³/mol. The van der Waals surface area contributed by atoms with Crippen LogP contribution in [0.5, 0.6) is 0 Å². The normalized spacial score (nSPS) is 24.9. The summed E-state index contributed by atoms with van der Waals surface area (Å²) in [6.07, 6.45) is 3.21. The summed E-state index contributed by atoms with van der Waals surface area (Å²) in [6.45, 7) is 14.7. The number of ether oxygens (including phenoxy) is 6. The van der Waals surface area contributed by atoms with Gasteiger partial charge in [0, 0.05) is 16.2 Å². The minimum Gasteiger partial charge on any atom is -0.380 e. The third-order valence-electron chi connectivity index (χ3n) is 6.75. The molecule has 0 atom stereocenters. The largest absolute Gasteiger partial charge is 0.380 e. The van der Waals surface area contributed by atoms with Gasteiger partial charge < -0.3 is 28.4 Å². The zero-order valence-corrected chi connectivity index (χ0v) is 17.4. The fraction of sp³-hybridized carbons (Fsp3) is 1.00. The lowest BCUT2D eigenvalue weighted by Gasteiger charge is -2.42. The molecule has 0 amide bonds. The number of hydrogen-bond donors (Lipinski definition) is 0. The minimum atomic E-state index is -0.0428. The molecule has 3 heterocycles. The molecular formula is C21H38O6. The molecule has 0 saturated carbocycles. The molecule has 0 aromatic carbocycles.